The normalized spacial score (nSPS) is 11.0. The van der Waals surface area contributed by atoms with E-state index in [2.05, 4.69) is 5.10 Å². The SMILES string of the molecule is Cc1ccccc1-n1[nH]c(C(F)F)cc1=O. The van der Waals surface area contributed by atoms with Crippen LogP contribution < -0.4 is 5.56 Å². The average molecular weight is 224 g/mol. The molecule has 1 heterocycles. The standard InChI is InChI=1S/C11H10F2N2O/c1-7-4-2-3-5-9(7)15-10(16)6-8(14-15)11(12)13/h2-6,11,14H,1H3. The van der Waals surface area contributed by atoms with Gasteiger partial charge >= 0.3 is 0 Å². The maximum absolute atomic E-state index is 12.4. The van der Waals surface area contributed by atoms with Gasteiger partial charge in [-0.3, -0.25) is 9.89 Å². The highest BCUT2D eigenvalue weighted by Gasteiger charge is 2.13. The van der Waals surface area contributed by atoms with Gasteiger partial charge in [0.1, 0.15) is 5.69 Å². The Morgan fingerprint density at radius 3 is 2.56 bits per heavy atom. The Morgan fingerprint density at radius 1 is 1.31 bits per heavy atom. The second-order valence-corrected chi connectivity index (χ2v) is 3.47. The van der Waals surface area contributed by atoms with E-state index in [-0.39, 0.29) is 5.69 Å². The van der Waals surface area contributed by atoms with Gasteiger partial charge in [-0.05, 0) is 18.6 Å². The maximum Gasteiger partial charge on any atom is 0.279 e. The highest BCUT2D eigenvalue weighted by molar-refractivity contribution is 5.39. The summed E-state index contributed by atoms with van der Waals surface area (Å²) in [7, 11) is 0. The van der Waals surface area contributed by atoms with Gasteiger partial charge in [0.05, 0.1) is 5.69 Å². The van der Waals surface area contributed by atoms with Crippen LogP contribution >= 0.6 is 0 Å². The quantitative estimate of drug-likeness (QED) is 0.835. The summed E-state index contributed by atoms with van der Waals surface area (Å²) in [6, 6.07) is 7.99. The highest BCUT2D eigenvalue weighted by atomic mass is 19.3. The molecule has 0 spiro atoms. The number of halogens is 2. The Hall–Kier alpha value is -1.91. The second kappa shape index (κ2) is 3.92. The summed E-state index contributed by atoms with van der Waals surface area (Å²) >= 11 is 0. The molecule has 5 heteroatoms. The molecule has 2 rings (SSSR count). The zero-order valence-electron chi connectivity index (χ0n) is 8.58. The number of nitrogens with one attached hydrogen (secondary N) is 1. The molecule has 0 saturated heterocycles. The van der Waals surface area contributed by atoms with Crippen LogP contribution in [0.1, 0.15) is 17.7 Å². The van der Waals surface area contributed by atoms with Gasteiger partial charge < -0.3 is 0 Å². The lowest BCUT2D eigenvalue weighted by atomic mass is 10.2. The lowest BCUT2D eigenvalue weighted by Crippen LogP contribution is -2.14. The van der Waals surface area contributed by atoms with Crippen molar-refractivity contribution >= 4 is 0 Å². The van der Waals surface area contributed by atoms with E-state index in [0.29, 0.717) is 5.69 Å². The zero-order valence-corrected chi connectivity index (χ0v) is 8.58. The number of H-pyrrole nitrogens is 1. The highest BCUT2D eigenvalue weighted by Crippen LogP contribution is 2.16. The fraction of sp³-hybridized carbons (Fsp3) is 0.182. The van der Waals surface area contributed by atoms with Crippen molar-refractivity contribution in [3.8, 4) is 5.69 Å². The number of aromatic nitrogens is 2. The van der Waals surface area contributed by atoms with Crippen molar-refractivity contribution in [2.75, 3.05) is 0 Å². The van der Waals surface area contributed by atoms with Crippen LogP contribution in [-0.2, 0) is 0 Å². The number of hydrogen-bond donors (Lipinski definition) is 1. The molecule has 16 heavy (non-hydrogen) atoms. The summed E-state index contributed by atoms with van der Waals surface area (Å²) in [5.41, 5.74) is 0.574. The van der Waals surface area contributed by atoms with Gasteiger partial charge in [-0.15, -0.1) is 0 Å². The van der Waals surface area contributed by atoms with Crippen molar-refractivity contribution < 1.29 is 8.78 Å². The minimum absolute atomic E-state index is 0.367. The van der Waals surface area contributed by atoms with E-state index in [1.54, 1.807) is 12.1 Å². The third-order valence-electron chi connectivity index (χ3n) is 2.33. The molecule has 0 saturated carbocycles. The molecule has 3 nitrogen and oxygen atoms in total. The Morgan fingerprint density at radius 2 is 2.00 bits per heavy atom. The zero-order chi connectivity index (χ0) is 11.7. The number of aryl methyl sites for hydroxylation is 1. The van der Waals surface area contributed by atoms with E-state index in [9.17, 15) is 13.6 Å². The van der Waals surface area contributed by atoms with Crippen LogP contribution in [0.25, 0.3) is 5.69 Å². The van der Waals surface area contributed by atoms with Gasteiger partial charge in [-0.2, -0.15) is 0 Å². The molecule has 0 aliphatic carbocycles. The van der Waals surface area contributed by atoms with Crippen molar-refractivity contribution in [1.82, 2.24) is 9.78 Å². The molecule has 0 amide bonds. The minimum atomic E-state index is -2.67. The first kappa shape index (κ1) is 10.6. The predicted octanol–water partition coefficient (Wildman–Crippen LogP) is 2.41. The third kappa shape index (κ3) is 1.76. The molecule has 0 unspecified atom stereocenters. The van der Waals surface area contributed by atoms with Crippen LogP contribution in [0.3, 0.4) is 0 Å². The number of alkyl halides is 2. The summed E-state index contributed by atoms with van der Waals surface area (Å²) in [6.45, 7) is 1.81. The number of hydrogen-bond acceptors (Lipinski definition) is 1. The van der Waals surface area contributed by atoms with Gasteiger partial charge in [0.2, 0.25) is 0 Å². The first-order valence-electron chi connectivity index (χ1n) is 4.75. The fourth-order valence-electron chi connectivity index (χ4n) is 1.52. The van der Waals surface area contributed by atoms with Crippen molar-refractivity contribution in [2.24, 2.45) is 0 Å². The molecule has 1 aromatic heterocycles. The van der Waals surface area contributed by atoms with E-state index >= 15 is 0 Å². The number of aromatic amines is 1. The van der Waals surface area contributed by atoms with E-state index in [0.717, 1.165) is 16.3 Å². The van der Waals surface area contributed by atoms with Crippen LogP contribution in [-0.4, -0.2) is 9.78 Å². The molecule has 0 fully saturated rings. The molecule has 0 atom stereocenters. The number of benzene rings is 1. The van der Waals surface area contributed by atoms with E-state index in [1.807, 2.05) is 19.1 Å². The van der Waals surface area contributed by atoms with Gasteiger partial charge in [-0.25, -0.2) is 13.5 Å². The smallest absolute Gasteiger partial charge is 0.279 e. The summed E-state index contributed by atoms with van der Waals surface area (Å²) in [5, 5.41) is 2.39. The molecule has 0 aliphatic heterocycles. The third-order valence-corrected chi connectivity index (χ3v) is 2.33. The van der Waals surface area contributed by atoms with E-state index < -0.39 is 12.0 Å². The van der Waals surface area contributed by atoms with Gasteiger partial charge in [0.15, 0.2) is 0 Å². The van der Waals surface area contributed by atoms with Crippen LogP contribution in [0.4, 0.5) is 8.78 Å². The molecule has 0 aliphatic rings. The van der Waals surface area contributed by atoms with E-state index in [1.165, 1.54) is 0 Å². The summed E-state index contributed by atoms with van der Waals surface area (Å²) in [4.78, 5) is 11.5. The Balaban J connectivity index is 2.57. The molecular formula is C11H10F2N2O. The molecule has 0 bridgehead atoms. The van der Waals surface area contributed by atoms with Crippen LogP contribution in [0.5, 0.6) is 0 Å². The Labute approximate surface area is 90.3 Å². The molecule has 0 radical (unpaired) electrons. The summed E-state index contributed by atoms with van der Waals surface area (Å²) in [5.74, 6) is 0. The largest absolute Gasteiger partial charge is 0.289 e. The average Bonchev–Trinajstić information content (AvgIpc) is 2.61. The van der Waals surface area contributed by atoms with Crippen LogP contribution in [0.15, 0.2) is 35.1 Å². The predicted molar refractivity (Wildman–Crippen MR) is 56.1 cm³/mol. The topological polar surface area (TPSA) is 37.8 Å². The van der Waals surface area contributed by atoms with Crippen molar-refractivity contribution in [1.29, 1.82) is 0 Å². The van der Waals surface area contributed by atoms with Gasteiger partial charge in [0, 0.05) is 6.07 Å². The molecule has 1 N–H and O–H groups in total. The van der Waals surface area contributed by atoms with Gasteiger partial charge in [0.25, 0.3) is 12.0 Å². The summed E-state index contributed by atoms with van der Waals surface area (Å²) < 4.78 is 25.9. The fourth-order valence-corrected chi connectivity index (χ4v) is 1.52. The minimum Gasteiger partial charge on any atom is -0.289 e. The molecule has 1 aromatic carbocycles. The van der Waals surface area contributed by atoms with Crippen LogP contribution in [0, 0.1) is 6.92 Å². The molecule has 2 aromatic rings. The number of rotatable bonds is 2. The number of nitrogens with zero attached hydrogens (tertiary/aromatic N) is 1. The van der Waals surface area contributed by atoms with E-state index in [4.69, 9.17) is 0 Å². The first-order valence-corrected chi connectivity index (χ1v) is 4.75. The summed E-state index contributed by atoms with van der Waals surface area (Å²) in [6.07, 6.45) is -2.67. The Kier molecular flexibility index (Phi) is 2.60. The van der Waals surface area contributed by atoms with Crippen molar-refractivity contribution in [2.45, 2.75) is 13.3 Å². The van der Waals surface area contributed by atoms with Gasteiger partial charge in [-0.1, -0.05) is 18.2 Å². The lowest BCUT2D eigenvalue weighted by Gasteiger charge is -2.05. The molecule has 84 valence electrons. The first-order chi connectivity index (χ1) is 7.59. The second-order valence-electron chi connectivity index (χ2n) is 3.47. The Bertz CT molecular complexity index is 557. The van der Waals surface area contributed by atoms with Crippen molar-refractivity contribution in [3.05, 3.63) is 51.9 Å². The maximum atomic E-state index is 12.4. The monoisotopic (exact) mass is 224 g/mol. The van der Waals surface area contributed by atoms with Crippen molar-refractivity contribution in [3.63, 3.8) is 0 Å². The molecular weight excluding hydrogens is 214 g/mol. The number of para-hydroxylation sites is 1. The lowest BCUT2D eigenvalue weighted by molar-refractivity contribution is 0.145. The van der Waals surface area contributed by atoms with Crippen LogP contribution in [0.2, 0.25) is 0 Å².